The van der Waals surface area contributed by atoms with Gasteiger partial charge in [0, 0.05) is 26.0 Å². The molecular formula is C19H40N2O4S. The van der Waals surface area contributed by atoms with E-state index < -0.39 is 10.4 Å². The Labute approximate surface area is 161 Å². The first-order valence-corrected chi connectivity index (χ1v) is 11.4. The second-order valence-corrected chi connectivity index (χ2v) is 8.18. The molecule has 1 N–H and O–H groups in total. The number of rotatable bonds is 14. The average molecular weight is 393 g/mol. The first-order chi connectivity index (χ1) is 12.4. The molecule has 0 aliphatic carbocycles. The van der Waals surface area contributed by atoms with Crippen LogP contribution in [-0.4, -0.2) is 50.1 Å². The Morgan fingerprint density at radius 1 is 0.885 bits per heavy atom. The molecule has 0 saturated carbocycles. The predicted molar refractivity (Wildman–Crippen MR) is 108 cm³/mol. The summed E-state index contributed by atoms with van der Waals surface area (Å²) in [7, 11) is -1.15. The maximum atomic E-state index is 9.33. The van der Waals surface area contributed by atoms with E-state index in [0.717, 1.165) is 13.8 Å². The molecule has 0 aromatic rings. The van der Waals surface area contributed by atoms with Crippen molar-refractivity contribution in [1.29, 1.82) is 0 Å². The second-order valence-electron chi connectivity index (χ2n) is 6.99. The third kappa shape index (κ3) is 18.0. The monoisotopic (exact) mass is 392 g/mol. The summed E-state index contributed by atoms with van der Waals surface area (Å²) in [5.41, 5.74) is 0. The summed E-state index contributed by atoms with van der Waals surface area (Å²) >= 11 is 0. The van der Waals surface area contributed by atoms with E-state index in [0.29, 0.717) is 0 Å². The standard InChI is InChI=1S/C18H36N2.CH4O4S/c1-3-4-5-6-7-8-9-10-11-12-13-14-15-20-17-16-19(2)18-20;1-5-6(2,3)4/h16-17H,3-15,18H2,1-2H3;1H3,(H,2,3,4). The van der Waals surface area contributed by atoms with Crippen molar-refractivity contribution in [2.24, 2.45) is 0 Å². The van der Waals surface area contributed by atoms with Gasteiger partial charge in [0.25, 0.3) is 0 Å². The van der Waals surface area contributed by atoms with Gasteiger partial charge in [-0.3, -0.25) is 8.74 Å². The van der Waals surface area contributed by atoms with Gasteiger partial charge < -0.3 is 9.80 Å². The van der Waals surface area contributed by atoms with Gasteiger partial charge in [0.2, 0.25) is 0 Å². The first-order valence-electron chi connectivity index (χ1n) is 10.0. The van der Waals surface area contributed by atoms with Crippen molar-refractivity contribution >= 4 is 10.4 Å². The van der Waals surface area contributed by atoms with Gasteiger partial charge in [-0.1, -0.05) is 77.6 Å². The van der Waals surface area contributed by atoms with Crippen LogP contribution >= 0.6 is 0 Å². The normalized spacial score (nSPS) is 13.8. The summed E-state index contributed by atoms with van der Waals surface area (Å²) in [5, 5.41) is 0. The number of unbranched alkanes of at least 4 members (excludes halogenated alkanes) is 11. The van der Waals surface area contributed by atoms with Gasteiger partial charge in [0.05, 0.1) is 13.8 Å². The Hall–Kier alpha value is -0.790. The fourth-order valence-electron chi connectivity index (χ4n) is 2.89. The van der Waals surface area contributed by atoms with Crippen molar-refractivity contribution in [3.63, 3.8) is 0 Å². The van der Waals surface area contributed by atoms with Crippen LogP contribution in [0.25, 0.3) is 0 Å². The second kappa shape index (κ2) is 16.4. The lowest BCUT2D eigenvalue weighted by Crippen LogP contribution is -2.23. The minimum atomic E-state index is -4.16. The van der Waals surface area contributed by atoms with E-state index >= 15 is 0 Å². The maximum Gasteiger partial charge on any atom is 0.397 e. The van der Waals surface area contributed by atoms with E-state index in [1.54, 1.807) is 0 Å². The zero-order valence-electron chi connectivity index (χ0n) is 17.0. The van der Waals surface area contributed by atoms with Gasteiger partial charge in [-0.2, -0.15) is 8.42 Å². The Bertz CT molecular complexity index is 441. The van der Waals surface area contributed by atoms with Crippen LogP contribution < -0.4 is 0 Å². The van der Waals surface area contributed by atoms with Crippen molar-refractivity contribution in [2.75, 3.05) is 27.4 Å². The summed E-state index contributed by atoms with van der Waals surface area (Å²) in [6.07, 6.45) is 21.6. The highest BCUT2D eigenvalue weighted by atomic mass is 32.3. The number of nitrogens with zero attached hydrogens (tertiary/aromatic N) is 2. The molecule has 26 heavy (non-hydrogen) atoms. The Morgan fingerprint density at radius 3 is 1.65 bits per heavy atom. The van der Waals surface area contributed by atoms with Crippen LogP contribution in [0.15, 0.2) is 12.4 Å². The molecule has 156 valence electrons. The molecular weight excluding hydrogens is 352 g/mol. The van der Waals surface area contributed by atoms with Gasteiger partial charge >= 0.3 is 10.4 Å². The quantitative estimate of drug-likeness (QED) is 0.338. The Kier molecular flexibility index (Phi) is 15.9. The predicted octanol–water partition coefficient (Wildman–Crippen LogP) is 4.80. The first kappa shape index (κ1) is 25.2. The lowest BCUT2D eigenvalue weighted by Gasteiger charge is -2.17. The fourth-order valence-corrected chi connectivity index (χ4v) is 2.89. The van der Waals surface area contributed by atoms with Crippen molar-refractivity contribution in [3.05, 3.63) is 12.4 Å². The molecule has 0 aromatic heterocycles. The van der Waals surface area contributed by atoms with Crippen molar-refractivity contribution < 1.29 is 17.2 Å². The smallest absolute Gasteiger partial charge is 0.362 e. The van der Waals surface area contributed by atoms with Gasteiger partial charge in [-0.25, -0.2) is 0 Å². The van der Waals surface area contributed by atoms with Crippen LogP contribution in [0.2, 0.25) is 0 Å². The molecule has 0 unspecified atom stereocenters. The summed E-state index contributed by atoms with van der Waals surface area (Å²) in [6.45, 7) is 4.61. The van der Waals surface area contributed by atoms with Gasteiger partial charge in [-0.05, 0) is 6.42 Å². The minimum Gasteiger partial charge on any atom is -0.362 e. The molecule has 0 amide bonds. The zero-order chi connectivity index (χ0) is 19.7. The molecule has 0 radical (unpaired) electrons. The van der Waals surface area contributed by atoms with E-state index in [1.807, 2.05) is 0 Å². The maximum absolute atomic E-state index is 9.33. The molecule has 0 bridgehead atoms. The van der Waals surface area contributed by atoms with Crippen LogP contribution in [0.5, 0.6) is 0 Å². The molecule has 0 saturated heterocycles. The molecule has 0 fully saturated rings. The van der Waals surface area contributed by atoms with Crippen LogP contribution in [-0.2, 0) is 14.6 Å². The van der Waals surface area contributed by atoms with Gasteiger partial charge in [0.1, 0.15) is 0 Å². The molecule has 0 aromatic carbocycles. The molecule has 1 heterocycles. The van der Waals surface area contributed by atoms with Crippen molar-refractivity contribution in [2.45, 2.75) is 84.0 Å². The molecule has 0 spiro atoms. The number of hydrogen-bond donors (Lipinski definition) is 1. The molecule has 6 nitrogen and oxygen atoms in total. The van der Waals surface area contributed by atoms with Crippen LogP contribution in [0, 0.1) is 0 Å². The molecule has 1 aliphatic rings. The summed E-state index contributed by atoms with van der Waals surface area (Å²) in [6, 6.07) is 0. The Balaban J connectivity index is 0.000000896. The van der Waals surface area contributed by atoms with Crippen LogP contribution in [0.1, 0.15) is 84.0 Å². The average Bonchev–Trinajstić information content (AvgIpc) is 3.01. The molecule has 1 rings (SSSR count). The number of hydrogen-bond acceptors (Lipinski definition) is 5. The third-order valence-electron chi connectivity index (χ3n) is 4.45. The van der Waals surface area contributed by atoms with Gasteiger partial charge in [0.15, 0.2) is 0 Å². The van der Waals surface area contributed by atoms with Crippen LogP contribution in [0.3, 0.4) is 0 Å². The highest BCUT2D eigenvalue weighted by molar-refractivity contribution is 7.80. The van der Waals surface area contributed by atoms with E-state index in [2.05, 4.69) is 40.4 Å². The van der Waals surface area contributed by atoms with Crippen LogP contribution in [0.4, 0.5) is 0 Å². The molecule has 1 aliphatic heterocycles. The third-order valence-corrected chi connectivity index (χ3v) is 4.87. The van der Waals surface area contributed by atoms with E-state index in [-0.39, 0.29) is 0 Å². The lowest BCUT2D eigenvalue weighted by atomic mass is 10.1. The highest BCUT2D eigenvalue weighted by Crippen LogP contribution is 2.12. The summed E-state index contributed by atoms with van der Waals surface area (Å²) in [5.74, 6) is 0. The summed E-state index contributed by atoms with van der Waals surface area (Å²) in [4.78, 5) is 4.65. The Morgan fingerprint density at radius 2 is 1.31 bits per heavy atom. The van der Waals surface area contributed by atoms with Gasteiger partial charge in [-0.15, -0.1) is 0 Å². The lowest BCUT2D eigenvalue weighted by molar-refractivity contribution is 0.290. The SMILES string of the molecule is CCCCCCCCCCCCCCN1C=CN(C)C1.COS(=O)(=O)O. The van der Waals surface area contributed by atoms with Crippen molar-refractivity contribution in [1.82, 2.24) is 9.80 Å². The zero-order valence-corrected chi connectivity index (χ0v) is 17.8. The van der Waals surface area contributed by atoms with Crippen molar-refractivity contribution in [3.8, 4) is 0 Å². The van der Waals surface area contributed by atoms with E-state index in [9.17, 15) is 8.42 Å². The largest absolute Gasteiger partial charge is 0.397 e. The topological polar surface area (TPSA) is 70.1 Å². The van der Waals surface area contributed by atoms with E-state index in [1.165, 1.54) is 83.6 Å². The molecule has 0 atom stereocenters. The minimum absolute atomic E-state index is 0.870. The summed E-state index contributed by atoms with van der Waals surface area (Å²) < 4.78 is 29.7. The fraction of sp³-hybridized carbons (Fsp3) is 0.895. The van der Waals surface area contributed by atoms with E-state index in [4.69, 9.17) is 4.55 Å². The molecule has 7 heteroatoms. The highest BCUT2D eigenvalue weighted by Gasteiger charge is 2.06.